The first-order valence-electron chi connectivity index (χ1n) is 13.9. The smallest absolute Gasteiger partial charge is 0.335 e. The Kier molecular flexibility index (Phi) is 8.07. The number of benzene rings is 3. The summed E-state index contributed by atoms with van der Waals surface area (Å²) in [5.74, 6) is 0.261. The Hall–Kier alpha value is -3.91. The van der Waals surface area contributed by atoms with Gasteiger partial charge in [0.25, 0.3) is 0 Å². The minimum Gasteiger partial charge on any atom is -0.493 e. The maximum absolute atomic E-state index is 13.6. The fourth-order valence-electron chi connectivity index (χ4n) is 5.87. The molecule has 0 atom stereocenters. The van der Waals surface area contributed by atoms with Crippen molar-refractivity contribution < 1.29 is 28.6 Å². The zero-order valence-electron chi connectivity index (χ0n) is 23.0. The molecule has 0 aliphatic carbocycles. The third-order valence-electron chi connectivity index (χ3n) is 7.93. The van der Waals surface area contributed by atoms with Gasteiger partial charge in [0.05, 0.1) is 24.3 Å². The Morgan fingerprint density at radius 2 is 1.55 bits per heavy atom. The van der Waals surface area contributed by atoms with Gasteiger partial charge in [0.1, 0.15) is 17.3 Å². The number of rotatable bonds is 9. The Bertz CT molecular complexity index is 1340. The van der Waals surface area contributed by atoms with Gasteiger partial charge in [-0.25, -0.2) is 9.18 Å². The first kappa shape index (κ1) is 27.6. The summed E-state index contributed by atoms with van der Waals surface area (Å²) < 4.78 is 25.7. The van der Waals surface area contributed by atoms with E-state index in [9.17, 15) is 14.0 Å². The van der Waals surface area contributed by atoms with Crippen LogP contribution in [0.15, 0.2) is 60.7 Å². The van der Waals surface area contributed by atoms with E-state index in [4.69, 9.17) is 14.6 Å². The number of nitrogens with zero attached hydrogens (tertiary/aromatic N) is 2. The monoisotopic (exact) mass is 546 g/mol. The summed E-state index contributed by atoms with van der Waals surface area (Å²) in [7, 11) is 0. The van der Waals surface area contributed by atoms with E-state index in [0.29, 0.717) is 26.2 Å². The minimum absolute atomic E-state index is 0.0710. The van der Waals surface area contributed by atoms with Gasteiger partial charge in [-0.1, -0.05) is 12.1 Å². The average Bonchev–Trinajstić information content (AvgIpc) is 3.26. The second-order valence-electron chi connectivity index (χ2n) is 10.6. The van der Waals surface area contributed by atoms with Gasteiger partial charge in [-0.05, 0) is 105 Å². The molecule has 1 amide bonds. The molecular formula is C32H35FN2O5. The van der Waals surface area contributed by atoms with Crippen LogP contribution < -0.4 is 14.4 Å². The van der Waals surface area contributed by atoms with Crippen molar-refractivity contribution in [2.24, 2.45) is 5.41 Å². The minimum atomic E-state index is -0.977. The quantitative estimate of drug-likeness (QED) is 0.354. The molecule has 2 aliphatic heterocycles. The first-order chi connectivity index (χ1) is 19.3. The van der Waals surface area contributed by atoms with Crippen molar-refractivity contribution >= 4 is 17.6 Å². The highest BCUT2D eigenvalue weighted by molar-refractivity contribution is 5.97. The molecule has 0 bridgehead atoms. The van der Waals surface area contributed by atoms with Crippen molar-refractivity contribution in [3.8, 4) is 22.6 Å². The highest BCUT2D eigenvalue weighted by Gasteiger charge is 2.45. The molecule has 0 saturated carbocycles. The molecule has 40 heavy (non-hydrogen) atoms. The van der Waals surface area contributed by atoms with Crippen molar-refractivity contribution in [3.63, 3.8) is 0 Å². The molecule has 0 aromatic heterocycles. The Morgan fingerprint density at radius 1 is 0.950 bits per heavy atom. The van der Waals surface area contributed by atoms with Crippen LogP contribution in [0.2, 0.25) is 0 Å². The number of aromatic carboxylic acids is 1. The third-order valence-corrected chi connectivity index (χ3v) is 7.93. The number of hydrogen-bond acceptors (Lipinski definition) is 5. The molecule has 0 unspecified atom stereocenters. The van der Waals surface area contributed by atoms with Gasteiger partial charge in [0, 0.05) is 25.2 Å². The van der Waals surface area contributed by atoms with Crippen LogP contribution >= 0.6 is 0 Å². The van der Waals surface area contributed by atoms with Crippen molar-refractivity contribution in [1.82, 2.24) is 4.90 Å². The molecule has 3 aromatic rings. The summed E-state index contributed by atoms with van der Waals surface area (Å²) in [6.07, 6.45) is 2.33. The highest BCUT2D eigenvalue weighted by Crippen LogP contribution is 2.44. The number of hydrogen-bond donors (Lipinski definition) is 1. The molecule has 7 nitrogen and oxygen atoms in total. The predicted molar refractivity (Wildman–Crippen MR) is 151 cm³/mol. The van der Waals surface area contributed by atoms with E-state index < -0.39 is 5.97 Å². The fourth-order valence-corrected chi connectivity index (χ4v) is 5.87. The van der Waals surface area contributed by atoms with Crippen LogP contribution in [0.25, 0.3) is 11.1 Å². The molecule has 1 spiro atoms. The van der Waals surface area contributed by atoms with E-state index in [0.717, 1.165) is 66.4 Å². The molecule has 8 heteroatoms. The van der Waals surface area contributed by atoms with Crippen LogP contribution in [0.1, 0.15) is 49.0 Å². The van der Waals surface area contributed by atoms with E-state index >= 15 is 0 Å². The normalized spacial score (nSPS) is 16.9. The highest BCUT2D eigenvalue weighted by atomic mass is 19.1. The molecule has 2 heterocycles. The summed E-state index contributed by atoms with van der Waals surface area (Å²) in [6.45, 7) is 8.00. The number of halogens is 1. The predicted octanol–water partition coefficient (Wildman–Crippen LogP) is 6.01. The second-order valence-corrected chi connectivity index (χ2v) is 10.6. The van der Waals surface area contributed by atoms with E-state index in [-0.39, 0.29) is 22.7 Å². The number of ether oxygens (including phenoxy) is 2. The summed E-state index contributed by atoms with van der Waals surface area (Å²) in [5, 5.41) is 9.17. The lowest BCUT2D eigenvalue weighted by Gasteiger charge is -2.39. The van der Waals surface area contributed by atoms with E-state index in [2.05, 4.69) is 17.0 Å². The Morgan fingerprint density at radius 3 is 2.10 bits per heavy atom. The zero-order valence-corrected chi connectivity index (χ0v) is 23.0. The molecule has 3 aromatic carbocycles. The van der Waals surface area contributed by atoms with Crippen LogP contribution in [-0.2, 0) is 11.3 Å². The maximum atomic E-state index is 13.6. The fraction of sp³-hybridized carbons (Fsp3) is 0.375. The van der Waals surface area contributed by atoms with Crippen molar-refractivity contribution in [1.29, 1.82) is 0 Å². The van der Waals surface area contributed by atoms with Crippen LogP contribution in [-0.4, -0.2) is 54.7 Å². The van der Waals surface area contributed by atoms with E-state index in [1.165, 1.54) is 12.1 Å². The number of carboxylic acids is 1. The summed E-state index contributed by atoms with van der Waals surface area (Å²) in [6, 6.07) is 17.0. The van der Waals surface area contributed by atoms with Crippen LogP contribution in [0, 0.1) is 11.2 Å². The number of likely N-dealkylation sites (tertiary alicyclic amines) is 1. The van der Waals surface area contributed by atoms with Gasteiger partial charge in [0.2, 0.25) is 5.91 Å². The molecule has 210 valence electrons. The number of carbonyl (C=O) groups is 2. The molecule has 2 saturated heterocycles. The van der Waals surface area contributed by atoms with Crippen molar-refractivity contribution in [3.05, 3.63) is 77.6 Å². The SMILES string of the molecule is CCOc1cc(CN2CCC3(CC2)CC(=O)N(c2ccc(C(=O)O)cc2)C3)cc(OCC)c1-c1ccc(F)cc1. The van der Waals surface area contributed by atoms with E-state index in [1.54, 1.807) is 41.3 Å². The summed E-state index contributed by atoms with van der Waals surface area (Å²) >= 11 is 0. The number of amides is 1. The number of carbonyl (C=O) groups excluding carboxylic acids is 1. The first-order valence-corrected chi connectivity index (χ1v) is 13.9. The van der Waals surface area contributed by atoms with Crippen molar-refractivity contribution in [2.75, 3.05) is 37.7 Å². The van der Waals surface area contributed by atoms with Gasteiger partial charge in [-0.2, -0.15) is 0 Å². The average molecular weight is 547 g/mol. The molecule has 5 rings (SSSR count). The summed E-state index contributed by atoms with van der Waals surface area (Å²) in [4.78, 5) is 28.3. The van der Waals surface area contributed by atoms with Gasteiger partial charge >= 0.3 is 5.97 Å². The van der Waals surface area contributed by atoms with Gasteiger partial charge in [-0.3, -0.25) is 9.69 Å². The maximum Gasteiger partial charge on any atom is 0.335 e. The number of anilines is 1. The molecule has 2 aliphatic rings. The van der Waals surface area contributed by atoms with Crippen LogP contribution in [0.3, 0.4) is 0 Å². The Labute approximate surface area is 234 Å². The zero-order chi connectivity index (χ0) is 28.3. The Balaban J connectivity index is 1.29. The standard InChI is InChI=1S/C32H35FN2O5/c1-3-39-27-17-22(18-28(40-4-2)30(27)23-5-9-25(33)10-6-23)20-34-15-13-32(14-16-34)19-29(36)35(21-32)26-11-7-24(8-12-26)31(37)38/h5-12,17-18H,3-4,13-16,19-21H2,1-2H3,(H,37,38). The molecule has 1 N–H and O–H groups in total. The molecule has 0 radical (unpaired) electrons. The van der Waals surface area contributed by atoms with Gasteiger partial charge in [0.15, 0.2) is 0 Å². The van der Waals surface area contributed by atoms with E-state index in [1.807, 2.05) is 13.8 Å². The third kappa shape index (κ3) is 5.82. The van der Waals surface area contributed by atoms with Crippen LogP contribution in [0.4, 0.5) is 10.1 Å². The van der Waals surface area contributed by atoms with Gasteiger partial charge < -0.3 is 19.5 Å². The summed E-state index contributed by atoms with van der Waals surface area (Å²) in [5.41, 5.74) is 3.64. The molecule has 2 fully saturated rings. The lowest BCUT2D eigenvalue weighted by molar-refractivity contribution is -0.118. The number of carboxylic acid groups (broad SMARTS) is 1. The topological polar surface area (TPSA) is 79.3 Å². The lowest BCUT2D eigenvalue weighted by Crippen LogP contribution is -2.41. The molecular weight excluding hydrogens is 511 g/mol. The number of piperidine rings is 1. The van der Waals surface area contributed by atoms with Crippen LogP contribution in [0.5, 0.6) is 11.5 Å². The second kappa shape index (κ2) is 11.7. The largest absolute Gasteiger partial charge is 0.493 e. The van der Waals surface area contributed by atoms with Gasteiger partial charge in [-0.15, -0.1) is 0 Å². The van der Waals surface area contributed by atoms with Crippen molar-refractivity contribution in [2.45, 2.75) is 39.7 Å². The lowest BCUT2D eigenvalue weighted by atomic mass is 9.77.